The molecule has 0 aliphatic heterocycles. The zero-order valence-electron chi connectivity index (χ0n) is 14.0. The highest BCUT2D eigenvalue weighted by Gasteiger charge is 2.16. The minimum absolute atomic E-state index is 0.202. The van der Waals surface area contributed by atoms with Gasteiger partial charge in [-0.15, -0.1) is 0 Å². The zero-order valence-corrected chi connectivity index (χ0v) is 14.0. The third-order valence-corrected chi connectivity index (χ3v) is 4.28. The highest BCUT2D eigenvalue weighted by molar-refractivity contribution is 5.87. The maximum Gasteiger partial charge on any atom is 0.189 e. The number of oxazole rings is 1. The maximum absolute atomic E-state index is 12.6. The third kappa shape index (κ3) is 2.76. The fourth-order valence-electron chi connectivity index (χ4n) is 2.97. The number of benzene rings is 2. The summed E-state index contributed by atoms with van der Waals surface area (Å²) >= 11 is 0. The average molecular weight is 348 g/mol. The quantitative estimate of drug-likeness (QED) is 0.591. The first-order chi connectivity index (χ1) is 12.7. The highest BCUT2D eigenvalue weighted by Crippen LogP contribution is 2.33. The van der Waals surface area contributed by atoms with E-state index in [1.165, 1.54) is 12.5 Å². The second-order valence-corrected chi connectivity index (χ2v) is 5.87. The molecule has 1 unspecified atom stereocenters. The van der Waals surface area contributed by atoms with Gasteiger partial charge in [-0.3, -0.25) is 4.79 Å². The number of aliphatic hydroxyl groups excluding tert-OH is 1. The van der Waals surface area contributed by atoms with Crippen LogP contribution in [0.3, 0.4) is 0 Å². The molecule has 0 saturated heterocycles. The van der Waals surface area contributed by atoms with Crippen molar-refractivity contribution in [3.63, 3.8) is 0 Å². The molecule has 4 aromatic rings. The monoisotopic (exact) mass is 348 g/mol. The molecule has 0 radical (unpaired) electrons. The van der Waals surface area contributed by atoms with Crippen LogP contribution in [-0.4, -0.2) is 22.2 Å². The Kier molecular flexibility index (Phi) is 4.02. The van der Waals surface area contributed by atoms with Gasteiger partial charge in [0.25, 0.3) is 0 Å². The third-order valence-electron chi connectivity index (χ3n) is 4.28. The molecule has 4 rings (SSSR count). The van der Waals surface area contributed by atoms with E-state index in [1.54, 1.807) is 37.6 Å². The number of ether oxygens (including phenoxy) is 1. The highest BCUT2D eigenvalue weighted by atomic mass is 16.5. The molecule has 130 valence electrons. The first-order valence-corrected chi connectivity index (χ1v) is 8.04. The molecule has 0 amide bonds. The van der Waals surface area contributed by atoms with Crippen molar-refractivity contribution in [3.05, 3.63) is 82.6 Å². The number of aromatic nitrogens is 2. The van der Waals surface area contributed by atoms with Crippen molar-refractivity contribution < 1.29 is 14.3 Å². The van der Waals surface area contributed by atoms with Gasteiger partial charge in [0, 0.05) is 17.5 Å². The lowest BCUT2D eigenvalue weighted by molar-refractivity contribution is 0.215. The van der Waals surface area contributed by atoms with Crippen molar-refractivity contribution in [2.24, 2.45) is 0 Å². The number of rotatable bonds is 4. The number of nitrogens with one attached hydrogen (secondary N) is 1. The molecule has 0 aliphatic rings. The summed E-state index contributed by atoms with van der Waals surface area (Å²) in [6.07, 6.45) is 1.96. The molecule has 2 aromatic heterocycles. The van der Waals surface area contributed by atoms with Gasteiger partial charge in [0.15, 0.2) is 17.6 Å². The molecule has 26 heavy (non-hydrogen) atoms. The molecule has 2 heterocycles. The largest absolute Gasteiger partial charge is 0.496 e. The number of hydrogen-bond donors (Lipinski definition) is 2. The molecule has 6 nitrogen and oxygen atoms in total. The number of pyridine rings is 1. The smallest absolute Gasteiger partial charge is 0.189 e. The molecule has 0 spiro atoms. The fraction of sp³-hybridized carbons (Fsp3) is 0.100. The molecule has 1 atom stereocenters. The van der Waals surface area contributed by atoms with Crippen molar-refractivity contribution in [2.45, 2.75) is 6.10 Å². The van der Waals surface area contributed by atoms with Crippen LogP contribution in [0.1, 0.15) is 17.4 Å². The predicted octanol–water partition coefficient (Wildman–Crippen LogP) is 3.27. The Morgan fingerprint density at radius 1 is 1.19 bits per heavy atom. The fourth-order valence-corrected chi connectivity index (χ4v) is 2.97. The number of aliphatic hydroxyl groups is 1. The van der Waals surface area contributed by atoms with Gasteiger partial charge in [-0.05, 0) is 11.6 Å². The van der Waals surface area contributed by atoms with E-state index < -0.39 is 6.10 Å². The van der Waals surface area contributed by atoms with Crippen molar-refractivity contribution in [2.75, 3.05) is 7.11 Å². The van der Waals surface area contributed by atoms with E-state index in [4.69, 9.17) is 9.15 Å². The first kappa shape index (κ1) is 16.1. The van der Waals surface area contributed by atoms with Crippen molar-refractivity contribution in [1.82, 2.24) is 9.97 Å². The number of hydrogen-bond acceptors (Lipinski definition) is 5. The Morgan fingerprint density at radius 2 is 2.00 bits per heavy atom. The lowest BCUT2D eigenvalue weighted by Gasteiger charge is -2.13. The van der Waals surface area contributed by atoms with Gasteiger partial charge in [-0.1, -0.05) is 30.3 Å². The van der Waals surface area contributed by atoms with Crippen LogP contribution in [0.4, 0.5) is 0 Å². The van der Waals surface area contributed by atoms with Crippen LogP contribution in [-0.2, 0) is 0 Å². The molecule has 2 aromatic carbocycles. The van der Waals surface area contributed by atoms with Gasteiger partial charge in [0.1, 0.15) is 11.9 Å². The van der Waals surface area contributed by atoms with Gasteiger partial charge in [-0.25, -0.2) is 4.98 Å². The molecular formula is C20H16N2O4. The zero-order chi connectivity index (χ0) is 18.1. The minimum Gasteiger partial charge on any atom is -0.496 e. The minimum atomic E-state index is -0.923. The van der Waals surface area contributed by atoms with Crippen LogP contribution in [0.2, 0.25) is 0 Å². The Hall–Kier alpha value is -3.38. The van der Waals surface area contributed by atoms with Crippen molar-refractivity contribution in [3.8, 4) is 17.1 Å². The Balaban J connectivity index is 1.88. The molecule has 0 saturated carbocycles. The van der Waals surface area contributed by atoms with Crippen LogP contribution in [0.25, 0.3) is 22.2 Å². The molecule has 2 N–H and O–H groups in total. The normalized spacial score (nSPS) is 12.2. The summed E-state index contributed by atoms with van der Waals surface area (Å²) in [6.45, 7) is 0. The lowest BCUT2D eigenvalue weighted by Crippen LogP contribution is -2.10. The van der Waals surface area contributed by atoms with Gasteiger partial charge in [0.05, 0.1) is 30.1 Å². The predicted molar refractivity (Wildman–Crippen MR) is 97.1 cm³/mol. The second-order valence-electron chi connectivity index (χ2n) is 5.87. The standard InChI is InChI=1S/C20H16N2O4/c1-25-18-9-15-13(7-14(18)19-10-21-11-26-19)17(23)8-16(22-15)20(24)12-5-3-2-4-6-12/h2-11,20,24H,1H3,(H,22,23). The van der Waals surface area contributed by atoms with E-state index in [1.807, 2.05) is 18.2 Å². The summed E-state index contributed by atoms with van der Waals surface area (Å²) < 4.78 is 10.8. The first-order valence-electron chi connectivity index (χ1n) is 8.04. The molecular weight excluding hydrogens is 332 g/mol. The molecule has 0 bridgehead atoms. The van der Waals surface area contributed by atoms with E-state index in [0.717, 1.165) is 0 Å². The van der Waals surface area contributed by atoms with E-state index in [2.05, 4.69) is 9.97 Å². The number of nitrogens with zero attached hydrogens (tertiary/aromatic N) is 1. The number of H-pyrrole nitrogens is 1. The van der Waals surface area contributed by atoms with Gasteiger partial charge >= 0.3 is 0 Å². The van der Waals surface area contributed by atoms with E-state index in [-0.39, 0.29) is 5.43 Å². The second kappa shape index (κ2) is 6.50. The van der Waals surface area contributed by atoms with E-state index >= 15 is 0 Å². The summed E-state index contributed by atoms with van der Waals surface area (Å²) in [7, 11) is 1.54. The summed E-state index contributed by atoms with van der Waals surface area (Å²) in [5.41, 5.74) is 2.13. The van der Waals surface area contributed by atoms with E-state index in [0.29, 0.717) is 39.2 Å². The molecule has 6 heteroatoms. The Morgan fingerprint density at radius 3 is 2.69 bits per heavy atom. The summed E-state index contributed by atoms with van der Waals surface area (Å²) in [5.74, 6) is 1.05. The van der Waals surface area contributed by atoms with Crippen molar-refractivity contribution in [1.29, 1.82) is 0 Å². The van der Waals surface area contributed by atoms with Crippen LogP contribution in [0.15, 0.2) is 70.3 Å². The SMILES string of the molecule is COc1cc2[nH]c(C(O)c3ccccc3)cc(=O)c2cc1-c1cnco1. The topological polar surface area (TPSA) is 88.4 Å². The molecule has 0 aliphatic carbocycles. The van der Waals surface area contributed by atoms with Gasteiger partial charge in [0.2, 0.25) is 0 Å². The van der Waals surface area contributed by atoms with Crippen LogP contribution >= 0.6 is 0 Å². The lowest BCUT2D eigenvalue weighted by atomic mass is 10.0. The summed E-state index contributed by atoms with van der Waals surface area (Å²) in [5, 5.41) is 11.1. The molecule has 0 fully saturated rings. The van der Waals surface area contributed by atoms with E-state index in [9.17, 15) is 9.90 Å². The Labute approximate surface area is 148 Å². The van der Waals surface area contributed by atoms with Crippen molar-refractivity contribution >= 4 is 10.9 Å². The Bertz CT molecular complexity index is 1100. The van der Waals surface area contributed by atoms with Gasteiger partial charge in [-0.2, -0.15) is 0 Å². The summed E-state index contributed by atoms with van der Waals surface area (Å²) in [4.78, 5) is 19.7. The number of methoxy groups -OCH3 is 1. The van der Waals surface area contributed by atoms with Crippen LogP contribution in [0.5, 0.6) is 5.75 Å². The average Bonchev–Trinajstić information content (AvgIpc) is 3.21. The van der Waals surface area contributed by atoms with Gasteiger partial charge < -0.3 is 19.2 Å². The number of fused-ring (bicyclic) bond motifs is 1. The van der Waals surface area contributed by atoms with Crippen LogP contribution in [0, 0.1) is 0 Å². The maximum atomic E-state index is 12.6. The summed E-state index contributed by atoms with van der Waals surface area (Å²) in [6, 6.07) is 14.0. The number of aromatic amines is 1. The van der Waals surface area contributed by atoms with Crippen LogP contribution < -0.4 is 10.2 Å².